The Hall–Kier alpha value is -1.13. The van der Waals surface area contributed by atoms with E-state index in [4.69, 9.17) is 11.6 Å². The van der Waals surface area contributed by atoms with Crippen LogP contribution in [0.2, 0.25) is 5.15 Å². The summed E-state index contributed by atoms with van der Waals surface area (Å²) >= 11 is 6.00. The Morgan fingerprint density at radius 1 is 1.37 bits per heavy atom. The summed E-state index contributed by atoms with van der Waals surface area (Å²) in [5, 5.41) is 10.4. The van der Waals surface area contributed by atoms with Crippen molar-refractivity contribution in [2.75, 3.05) is 0 Å². The standard InChI is InChI=1S/C14H18ClN3O/c1-9(19)14-17-11-8-16-13(15)7-12(11)18(14)10-5-3-2-4-6-10/h7-10,19H,2-6H2,1H3. The summed E-state index contributed by atoms with van der Waals surface area (Å²) in [6, 6.07) is 2.27. The van der Waals surface area contributed by atoms with E-state index in [1.165, 1.54) is 19.3 Å². The lowest BCUT2D eigenvalue weighted by Crippen LogP contribution is -2.16. The highest BCUT2D eigenvalue weighted by Crippen LogP contribution is 2.34. The molecule has 2 heterocycles. The number of hydrogen-bond acceptors (Lipinski definition) is 3. The van der Waals surface area contributed by atoms with Crippen LogP contribution in [0.3, 0.4) is 0 Å². The minimum Gasteiger partial charge on any atom is -0.385 e. The van der Waals surface area contributed by atoms with E-state index in [2.05, 4.69) is 14.5 Å². The van der Waals surface area contributed by atoms with Gasteiger partial charge in [0.25, 0.3) is 0 Å². The average molecular weight is 280 g/mol. The first kappa shape index (κ1) is 12.9. The van der Waals surface area contributed by atoms with Gasteiger partial charge in [0, 0.05) is 12.1 Å². The van der Waals surface area contributed by atoms with Crippen molar-refractivity contribution in [2.45, 2.75) is 51.2 Å². The van der Waals surface area contributed by atoms with Gasteiger partial charge in [0.05, 0.1) is 11.7 Å². The molecule has 0 saturated heterocycles. The van der Waals surface area contributed by atoms with E-state index >= 15 is 0 Å². The number of aromatic nitrogens is 3. The second-order valence-electron chi connectivity index (χ2n) is 5.30. The molecule has 1 aliphatic rings. The predicted molar refractivity (Wildman–Crippen MR) is 75.3 cm³/mol. The van der Waals surface area contributed by atoms with Crippen molar-refractivity contribution in [3.8, 4) is 0 Å². The van der Waals surface area contributed by atoms with Crippen molar-refractivity contribution in [3.05, 3.63) is 23.2 Å². The maximum atomic E-state index is 9.97. The van der Waals surface area contributed by atoms with Crippen LogP contribution in [0.25, 0.3) is 11.0 Å². The molecule has 1 fully saturated rings. The molecule has 2 aromatic heterocycles. The Kier molecular flexibility index (Phi) is 3.46. The summed E-state index contributed by atoms with van der Waals surface area (Å²) in [5.74, 6) is 0.728. The van der Waals surface area contributed by atoms with Gasteiger partial charge in [-0.05, 0) is 19.8 Å². The maximum Gasteiger partial charge on any atom is 0.138 e. The third kappa shape index (κ3) is 2.35. The van der Waals surface area contributed by atoms with Crippen molar-refractivity contribution in [3.63, 3.8) is 0 Å². The SMILES string of the molecule is CC(O)c1nc2cnc(Cl)cc2n1C1CCCCC1. The van der Waals surface area contributed by atoms with E-state index in [1.54, 1.807) is 13.1 Å². The van der Waals surface area contributed by atoms with Gasteiger partial charge in [-0.1, -0.05) is 30.9 Å². The fraction of sp³-hybridized carbons (Fsp3) is 0.571. The first-order chi connectivity index (χ1) is 9.16. The Balaban J connectivity index is 2.17. The lowest BCUT2D eigenvalue weighted by atomic mass is 9.95. The molecule has 1 unspecified atom stereocenters. The Morgan fingerprint density at radius 3 is 2.79 bits per heavy atom. The van der Waals surface area contributed by atoms with Crippen molar-refractivity contribution in [1.82, 2.24) is 14.5 Å². The van der Waals surface area contributed by atoms with Crippen molar-refractivity contribution >= 4 is 22.6 Å². The summed E-state index contributed by atoms with van der Waals surface area (Å²) in [7, 11) is 0. The summed E-state index contributed by atoms with van der Waals surface area (Å²) in [6.45, 7) is 1.76. The van der Waals surface area contributed by atoms with Gasteiger partial charge in [0.15, 0.2) is 0 Å². The molecular formula is C14H18ClN3O. The summed E-state index contributed by atoms with van der Waals surface area (Å²) in [4.78, 5) is 8.59. The van der Waals surface area contributed by atoms with E-state index in [1.807, 2.05) is 6.07 Å². The zero-order chi connectivity index (χ0) is 13.4. The lowest BCUT2D eigenvalue weighted by molar-refractivity contribution is 0.178. The molecule has 0 aliphatic heterocycles. The van der Waals surface area contributed by atoms with Crippen LogP contribution in [0.5, 0.6) is 0 Å². The number of rotatable bonds is 2. The molecule has 1 atom stereocenters. The third-order valence-corrected chi connectivity index (χ3v) is 4.09. The molecule has 0 radical (unpaired) electrons. The molecule has 4 nitrogen and oxygen atoms in total. The highest BCUT2D eigenvalue weighted by molar-refractivity contribution is 6.29. The zero-order valence-corrected chi connectivity index (χ0v) is 11.8. The first-order valence-corrected chi connectivity index (χ1v) is 7.26. The number of fused-ring (bicyclic) bond motifs is 1. The number of aliphatic hydroxyl groups excluding tert-OH is 1. The smallest absolute Gasteiger partial charge is 0.138 e. The molecule has 0 aromatic carbocycles. The molecule has 1 saturated carbocycles. The molecule has 0 amide bonds. The number of nitrogens with zero attached hydrogens (tertiary/aromatic N) is 3. The number of pyridine rings is 1. The van der Waals surface area contributed by atoms with Crippen LogP contribution in [0.1, 0.15) is 57.0 Å². The van der Waals surface area contributed by atoms with E-state index in [-0.39, 0.29) is 0 Å². The average Bonchev–Trinajstić information content (AvgIpc) is 2.78. The fourth-order valence-corrected chi connectivity index (χ4v) is 3.16. The number of halogens is 1. The molecule has 1 aliphatic carbocycles. The van der Waals surface area contributed by atoms with Gasteiger partial charge in [-0.25, -0.2) is 9.97 Å². The highest BCUT2D eigenvalue weighted by Gasteiger charge is 2.23. The van der Waals surface area contributed by atoms with Crippen LogP contribution in [0.4, 0.5) is 0 Å². The van der Waals surface area contributed by atoms with Crippen LogP contribution < -0.4 is 0 Å². The van der Waals surface area contributed by atoms with Crippen LogP contribution in [-0.4, -0.2) is 19.6 Å². The van der Waals surface area contributed by atoms with Gasteiger partial charge in [0.2, 0.25) is 0 Å². The van der Waals surface area contributed by atoms with Crippen LogP contribution in [0.15, 0.2) is 12.3 Å². The highest BCUT2D eigenvalue weighted by atomic mass is 35.5. The molecule has 19 heavy (non-hydrogen) atoms. The van der Waals surface area contributed by atoms with Gasteiger partial charge in [-0.3, -0.25) is 0 Å². The van der Waals surface area contributed by atoms with E-state index < -0.39 is 6.10 Å². The molecule has 5 heteroatoms. The first-order valence-electron chi connectivity index (χ1n) is 6.88. The van der Waals surface area contributed by atoms with Gasteiger partial charge < -0.3 is 9.67 Å². The largest absolute Gasteiger partial charge is 0.385 e. The minimum absolute atomic E-state index is 0.418. The summed E-state index contributed by atoms with van der Waals surface area (Å²) in [6.07, 6.45) is 7.17. The monoisotopic (exact) mass is 279 g/mol. The van der Waals surface area contributed by atoms with Crippen LogP contribution in [-0.2, 0) is 0 Å². The molecule has 0 spiro atoms. The molecule has 1 N–H and O–H groups in total. The number of hydrogen-bond donors (Lipinski definition) is 1. The normalized spacial score (nSPS) is 18.9. The Bertz CT molecular complexity index is 588. The lowest BCUT2D eigenvalue weighted by Gasteiger charge is -2.26. The second kappa shape index (κ2) is 5.10. The van der Waals surface area contributed by atoms with Gasteiger partial charge in [-0.2, -0.15) is 0 Å². The van der Waals surface area contributed by atoms with Crippen molar-refractivity contribution in [2.24, 2.45) is 0 Å². The molecule has 0 bridgehead atoms. The number of aliphatic hydroxyl groups is 1. The van der Waals surface area contributed by atoms with Gasteiger partial charge in [0.1, 0.15) is 22.6 Å². The topological polar surface area (TPSA) is 50.9 Å². The van der Waals surface area contributed by atoms with Crippen molar-refractivity contribution < 1.29 is 5.11 Å². The van der Waals surface area contributed by atoms with Crippen LogP contribution >= 0.6 is 11.6 Å². The van der Waals surface area contributed by atoms with Crippen LogP contribution in [0, 0.1) is 0 Å². The Labute approximate surface area is 117 Å². The quantitative estimate of drug-likeness (QED) is 0.854. The van der Waals surface area contributed by atoms with E-state index in [0.29, 0.717) is 11.2 Å². The Morgan fingerprint density at radius 2 is 2.11 bits per heavy atom. The van der Waals surface area contributed by atoms with Gasteiger partial charge in [-0.15, -0.1) is 0 Å². The molecule has 102 valence electrons. The second-order valence-corrected chi connectivity index (χ2v) is 5.69. The molecular weight excluding hydrogens is 262 g/mol. The fourth-order valence-electron chi connectivity index (χ4n) is 3.01. The third-order valence-electron chi connectivity index (χ3n) is 3.88. The van der Waals surface area contributed by atoms with E-state index in [0.717, 1.165) is 29.7 Å². The minimum atomic E-state index is -0.576. The molecule has 3 rings (SSSR count). The summed E-state index contributed by atoms with van der Waals surface area (Å²) < 4.78 is 2.17. The maximum absolute atomic E-state index is 9.97. The zero-order valence-electron chi connectivity index (χ0n) is 11.0. The van der Waals surface area contributed by atoms with E-state index in [9.17, 15) is 5.11 Å². The van der Waals surface area contributed by atoms with Gasteiger partial charge >= 0.3 is 0 Å². The predicted octanol–water partition coefficient (Wildman–Crippen LogP) is 3.64. The van der Waals surface area contributed by atoms with Crippen molar-refractivity contribution in [1.29, 1.82) is 0 Å². The summed E-state index contributed by atoms with van der Waals surface area (Å²) in [5.41, 5.74) is 1.80. The molecule has 2 aromatic rings. The number of imidazole rings is 1.